The minimum atomic E-state index is -0.839. The number of nitrogens with one attached hydrogen (secondary N) is 1. The molecule has 2 heterocycles. The van der Waals surface area contributed by atoms with E-state index in [0.717, 1.165) is 16.5 Å². The van der Waals surface area contributed by atoms with Crippen LogP contribution < -0.4 is 4.74 Å². The highest BCUT2D eigenvalue weighted by Crippen LogP contribution is 2.40. The van der Waals surface area contributed by atoms with Crippen molar-refractivity contribution < 1.29 is 29.0 Å². The summed E-state index contributed by atoms with van der Waals surface area (Å²) in [5.74, 6) is -1.59. The molecule has 4 aromatic rings. The average molecular weight is 525 g/mol. The van der Waals surface area contributed by atoms with Crippen molar-refractivity contribution in [1.29, 1.82) is 0 Å². The third-order valence-electron chi connectivity index (χ3n) is 6.92. The normalized spacial score (nSPS) is 16.6. The zero-order valence-electron chi connectivity index (χ0n) is 21.6. The minimum absolute atomic E-state index is 0.00564. The highest BCUT2D eigenvalue weighted by Gasteiger charge is 2.46. The molecule has 198 valence electrons. The first-order valence-electron chi connectivity index (χ1n) is 12.7. The first-order valence-corrected chi connectivity index (χ1v) is 12.7. The quantitative estimate of drug-likeness (QED) is 0.145. The van der Waals surface area contributed by atoms with Gasteiger partial charge in [0.05, 0.1) is 30.9 Å². The van der Waals surface area contributed by atoms with Gasteiger partial charge in [-0.05, 0) is 66.9 Å². The van der Waals surface area contributed by atoms with Crippen molar-refractivity contribution in [2.75, 3.05) is 20.3 Å². The number of carbonyl (C=O) groups is 3. The van der Waals surface area contributed by atoms with Crippen LogP contribution in [0.3, 0.4) is 0 Å². The average Bonchev–Trinajstić information content (AvgIpc) is 3.49. The number of aromatic nitrogens is 1. The predicted molar refractivity (Wildman–Crippen MR) is 146 cm³/mol. The summed E-state index contributed by atoms with van der Waals surface area (Å²) >= 11 is 0. The molecular formula is C31H28N2O6. The number of para-hydroxylation sites is 1. The molecule has 2 N–H and O–H groups in total. The van der Waals surface area contributed by atoms with Gasteiger partial charge in [0.15, 0.2) is 0 Å². The molecule has 1 aliphatic heterocycles. The van der Waals surface area contributed by atoms with E-state index in [-0.39, 0.29) is 17.9 Å². The van der Waals surface area contributed by atoms with Crippen molar-refractivity contribution in [3.63, 3.8) is 0 Å². The van der Waals surface area contributed by atoms with E-state index in [9.17, 15) is 19.5 Å². The summed E-state index contributed by atoms with van der Waals surface area (Å²) in [6.07, 6.45) is 2.40. The zero-order valence-corrected chi connectivity index (χ0v) is 21.6. The molecule has 0 bridgehead atoms. The Labute approximate surface area is 225 Å². The lowest BCUT2D eigenvalue weighted by Gasteiger charge is -2.25. The number of hydrogen-bond acceptors (Lipinski definition) is 6. The fraction of sp³-hybridized carbons (Fsp3) is 0.194. The number of ketones is 1. The molecule has 0 spiro atoms. The number of amides is 1. The van der Waals surface area contributed by atoms with Gasteiger partial charge in [0.1, 0.15) is 11.5 Å². The van der Waals surface area contributed by atoms with Crippen molar-refractivity contribution in [3.05, 3.63) is 107 Å². The Morgan fingerprint density at radius 3 is 2.36 bits per heavy atom. The van der Waals surface area contributed by atoms with Gasteiger partial charge in [-0.15, -0.1) is 0 Å². The van der Waals surface area contributed by atoms with E-state index in [1.165, 1.54) is 12.0 Å². The van der Waals surface area contributed by atoms with E-state index in [2.05, 4.69) is 4.98 Å². The summed E-state index contributed by atoms with van der Waals surface area (Å²) in [5.41, 5.74) is 3.31. The number of benzene rings is 3. The number of hydrogen-bond donors (Lipinski definition) is 2. The van der Waals surface area contributed by atoms with Gasteiger partial charge in [-0.1, -0.05) is 30.3 Å². The Bertz CT molecular complexity index is 1570. The summed E-state index contributed by atoms with van der Waals surface area (Å²) in [5, 5.41) is 12.4. The first kappa shape index (κ1) is 25.8. The maximum absolute atomic E-state index is 13.4. The molecule has 1 aromatic heterocycles. The lowest BCUT2D eigenvalue weighted by molar-refractivity contribution is -0.139. The molecule has 1 aliphatic rings. The van der Waals surface area contributed by atoms with Gasteiger partial charge in [-0.25, -0.2) is 4.79 Å². The van der Waals surface area contributed by atoms with Crippen LogP contribution in [0.5, 0.6) is 5.75 Å². The van der Waals surface area contributed by atoms with Crippen LogP contribution in [0.4, 0.5) is 0 Å². The molecule has 3 aromatic carbocycles. The maximum Gasteiger partial charge on any atom is 0.337 e. The lowest BCUT2D eigenvalue weighted by Crippen LogP contribution is -2.31. The second-order valence-electron chi connectivity index (χ2n) is 9.17. The highest BCUT2D eigenvalue weighted by molar-refractivity contribution is 6.46. The molecule has 0 radical (unpaired) electrons. The van der Waals surface area contributed by atoms with Gasteiger partial charge < -0.3 is 24.5 Å². The summed E-state index contributed by atoms with van der Waals surface area (Å²) in [6.45, 7) is 2.61. The summed E-state index contributed by atoms with van der Waals surface area (Å²) in [6, 6.07) is 20.2. The van der Waals surface area contributed by atoms with Crippen LogP contribution in [-0.4, -0.2) is 52.9 Å². The fourth-order valence-electron chi connectivity index (χ4n) is 4.99. The SMILES string of the molecule is CCOc1ccc(C(O)=C2C(=O)C(=O)N(CCc3c[nH]c4ccccc34)[C@H]2c2ccc(C(=O)OC)cc2)cc1. The van der Waals surface area contributed by atoms with Crippen LogP contribution >= 0.6 is 0 Å². The van der Waals surface area contributed by atoms with Crippen LogP contribution in [0.25, 0.3) is 16.7 Å². The van der Waals surface area contributed by atoms with Crippen molar-refractivity contribution in [3.8, 4) is 5.75 Å². The second-order valence-corrected chi connectivity index (χ2v) is 9.17. The van der Waals surface area contributed by atoms with Crippen molar-refractivity contribution in [2.24, 2.45) is 0 Å². The standard InChI is InChI=1S/C31H28N2O6/c1-3-39-23-14-12-20(13-15-23)28(34)26-27(19-8-10-21(11-9-19)31(37)38-2)33(30(36)29(26)35)17-16-22-18-32-25-7-5-4-6-24(22)25/h4-15,18,27,32,34H,3,16-17H2,1-2H3/t27-/m0/s1. The molecular weight excluding hydrogens is 496 g/mol. The van der Waals surface area contributed by atoms with Crippen LogP contribution in [0.1, 0.15) is 40.0 Å². The molecule has 0 saturated carbocycles. The van der Waals surface area contributed by atoms with Gasteiger partial charge in [0, 0.05) is 29.2 Å². The summed E-state index contributed by atoms with van der Waals surface area (Å²) < 4.78 is 10.3. The number of rotatable bonds is 8. The Balaban J connectivity index is 1.55. The second kappa shape index (κ2) is 10.9. The summed E-state index contributed by atoms with van der Waals surface area (Å²) in [7, 11) is 1.30. The smallest absolute Gasteiger partial charge is 0.337 e. The number of aliphatic hydroxyl groups is 1. The number of likely N-dealkylation sites (tertiary alicyclic amines) is 1. The third kappa shape index (κ3) is 4.88. The number of methoxy groups -OCH3 is 1. The zero-order chi connectivity index (χ0) is 27.5. The number of nitrogens with zero attached hydrogens (tertiary/aromatic N) is 1. The molecule has 8 heteroatoms. The molecule has 0 aliphatic carbocycles. The van der Waals surface area contributed by atoms with Crippen molar-refractivity contribution in [1.82, 2.24) is 9.88 Å². The van der Waals surface area contributed by atoms with Crippen molar-refractivity contribution >= 4 is 34.3 Å². The molecule has 1 amide bonds. The minimum Gasteiger partial charge on any atom is -0.507 e. The van der Waals surface area contributed by atoms with E-state index in [1.54, 1.807) is 48.5 Å². The maximum atomic E-state index is 13.4. The van der Waals surface area contributed by atoms with E-state index < -0.39 is 23.7 Å². The van der Waals surface area contributed by atoms with Crippen LogP contribution in [-0.2, 0) is 20.7 Å². The molecule has 1 saturated heterocycles. The van der Waals surface area contributed by atoms with Crippen molar-refractivity contribution in [2.45, 2.75) is 19.4 Å². The van der Waals surface area contributed by atoms with Gasteiger partial charge in [-0.3, -0.25) is 9.59 Å². The largest absolute Gasteiger partial charge is 0.507 e. The number of esters is 1. The number of carbonyl (C=O) groups excluding carboxylic acids is 3. The van der Waals surface area contributed by atoms with E-state index in [4.69, 9.17) is 9.47 Å². The molecule has 5 rings (SSSR count). The molecule has 1 fully saturated rings. The van der Waals surface area contributed by atoms with Crippen LogP contribution in [0.15, 0.2) is 84.6 Å². The molecule has 0 unspecified atom stereocenters. The molecule has 1 atom stereocenters. The number of H-pyrrole nitrogens is 1. The number of Topliss-reactive ketones (excluding diaryl/α,β-unsaturated/α-hetero) is 1. The molecule has 8 nitrogen and oxygen atoms in total. The van der Waals surface area contributed by atoms with E-state index in [0.29, 0.717) is 35.5 Å². The number of aliphatic hydroxyl groups excluding tert-OH is 1. The van der Waals surface area contributed by atoms with Gasteiger partial charge in [-0.2, -0.15) is 0 Å². The third-order valence-corrected chi connectivity index (χ3v) is 6.92. The first-order chi connectivity index (χ1) is 18.9. The Morgan fingerprint density at radius 2 is 1.67 bits per heavy atom. The summed E-state index contributed by atoms with van der Waals surface area (Å²) in [4.78, 5) is 43.4. The molecule has 39 heavy (non-hydrogen) atoms. The van der Waals surface area contributed by atoms with E-state index in [1.807, 2.05) is 37.4 Å². The van der Waals surface area contributed by atoms with Gasteiger partial charge in [0.2, 0.25) is 0 Å². The van der Waals surface area contributed by atoms with Crippen LogP contribution in [0.2, 0.25) is 0 Å². The predicted octanol–water partition coefficient (Wildman–Crippen LogP) is 5.02. The lowest BCUT2D eigenvalue weighted by atomic mass is 9.94. The Hall–Kier alpha value is -4.85. The Morgan fingerprint density at radius 1 is 0.974 bits per heavy atom. The van der Waals surface area contributed by atoms with E-state index >= 15 is 0 Å². The van der Waals surface area contributed by atoms with Crippen LogP contribution in [0, 0.1) is 0 Å². The highest BCUT2D eigenvalue weighted by atomic mass is 16.5. The Kier molecular flexibility index (Phi) is 7.19. The monoisotopic (exact) mass is 524 g/mol. The van der Waals surface area contributed by atoms with Gasteiger partial charge in [0.25, 0.3) is 11.7 Å². The number of fused-ring (bicyclic) bond motifs is 1. The topological polar surface area (TPSA) is 109 Å². The number of aromatic amines is 1. The van der Waals surface area contributed by atoms with Gasteiger partial charge >= 0.3 is 5.97 Å². The fourth-order valence-corrected chi connectivity index (χ4v) is 4.99. The number of ether oxygens (including phenoxy) is 2.